The Morgan fingerprint density at radius 1 is 1.19 bits per heavy atom. The topological polar surface area (TPSA) is 72.2 Å². The summed E-state index contributed by atoms with van der Waals surface area (Å²) in [5.74, 6) is 0. The van der Waals surface area contributed by atoms with Gasteiger partial charge in [-0.25, -0.2) is 13.1 Å². The Morgan fingerprint density at radius 2 is 1.95 bits per heavy atom. The average Bonchev–Trinajstić information content (AvgIpc) is 2.38. The highest BCUT2D eigenvalue weighted by atomic mass is 79.9. The van der Waals surface area contributed by atoms with Crippen molar-refractivity contribution in [3.63, 3.8) is 0 Å². The number of nitrogens with one attached hydrogen (secondary N) is 1. The molecule has 3 N–H and O–H groups in total. The molecule has 0 aromatic heterocycles. The van der Waals surface area contributed by atoms with Crippen LogP contribution in [0.4, 0.5) is 5.69 Å². The predicted octanol–water partition coefficient (Wildman–Crippen LogP) is 2.86. The highest BCUT2D eigenvalue weighted by Crippen LogP contribution is 2.22. The summed E-state index contributed by atoms with van der Waals surface area (Å²) in [5.41, 5.74) is 8.25. The van der Waals surface area contributed by atoms with E-state index >= 15 is 0 Å². The van der Waals surface area contributed by atoms with Crippen LogP contribution in [-0.2, 0) is 16.4 Å². The van der Waals surface area contributed by atoms with Crippen LogP contribution in [-0.4, -0.2) is 15.0 Å². The monoisotopic (exact) mass is 368 g/mol. The molecule has 4 nitrogen and oxygen atoms in total. The zero-order valence-electron chi connectivity index (χ0n) is 11.6. The number of rotatable bonds is 5. The van der Waals surface area contributed by atoms with Crippen LogP contribution < -0.4 is 10.5 Å². The van der Waals surface area contributed by atoms with Crippen LogP contribution in [0.2, 0.25) is 0 Å². The Labute approximate surface area is 133 Å². The van der Waals surface area contributed by atoms with Crippen molar-refractivity contribution in [3.8, 4) is 0 Å². The second-order valence-corrected chi connectivity index (χ2v) is 7.47. The van der Waals surface area contributed by atoms with Crippen molar-refractivity contribution in [2.45, 2.75) is 18.2 Å². The standard InChI is InChI=1S/C15H17BrN2O2S/c1-11-3-2-4-12(9-11)7-8-18-21(19,20)15-6-5-13(16)10-14(15)17/h2-6,9-10,18H,7-8,17H2,1H3. The Balaban J connectivity index is 2.05. The summed E-state index contributed by atoms with van der Waals surface area (Å²) in [6.07, 6.45) is 0.636. The molecule has 0 amide bonds. The van der Waals surface area contributed by atoms with Crippen molar-refractivity contribution in [1.29, 1.82) is 0 Å². The number of halogens is 1. The quantitative estimate of drug-likeness (QED) is 0.796. The molecular formula is C15H17BrN2O2S. The van der Waals surface area contributed by atoms with Crippen molar-refractivity contribution in [2.75, 3.05) is 12.3 Å². The third-order valence-corrected chi connectivity index (χ3v) is 5.08. The fourth-order valence-electron chi connectivity index (χ4n) is 2.04. The fourth-order valence-corrected chi connectivity index (χ4v) is 3.56. The summed E-state index contributed by atoms with van der Waals surface area (Å²) >= 11 is 3.26. The number of anilines is 1. The van der Waals surface area contributed by atoms with E-state index in [1.54, 1.807) is 12.1 Å². The lowest BCUT2D eigenvalue weighted by Crippen LogP contribution is -2.26. The first-order chi connectivity index (χ1) is 9.88. The van der Waals surface area contributed by atoms with Crippen LogP contribution in [0, 0.1) is 6.92 Å². The number of benzene rings is 2. The van der Waals surface area contributed by atoms with E-state index in [0.717, 1.165) is 15.6 Å². The van der Waals surface area contributed by atoms with E-state index in [1.807, 2.05) is 31.2 Å². The molecule has 0 atom stereocenters. The lowest BCUT2D eigenvalue weighted by atomic mass is 10.1. The normalized spacial score (nSPS) is 11.5. The SMILES string of the molecule is Cc1cccc(CCNS(=O)(=O)c2ccc(Br)cc2N)c1. The Hall–Kier alpha value is -1.37. The number of sulfonamides is 1. The van der Waals surface area contributed by atoms with E-state index in [1.165, 1.54) is 6.07 Å². The minimum Gasteiger partial charge on any atom is -0.398 e. The molecule has 0 heterocycles. The number of nitrogen functional groups attached to an aromatic ring is 1. The van der Waals surface area contributed by atoms with Gasteiger partial charge < -0.3 is 5.73 Å². The van der Waals surface area contributed by atoms with Gasteiger partial charge in [-0.05, 0) is 37.1 Å². The van der Waals surface area contributed by atoms with E-state index in [4.69, 9.17) is 5.73 Å². The van der Waals surface area contributed by atoms with E-state index < -0.39 is 10.0 Å². The zero-order chi connectivity index (χ0) is 15.5. The lowest BCUT2D eigenvalue weighted by Gasteiger charge is -2.09. The summed E-state index contributed by atoms with van der Waals surface area (Å²) < 4.78 is 27.8. The maximum absolute atomic E-state index is 12.2. The van der Waals surface area contributed by atoms with Crippen molar-refractivity contribution in [3.05, 3.63) is 58.1 Å². The van der Waals surface area contributed by atoms with Gasteiger partial charge in [0, 0.05) is 11.0 Å². The molecule has 0 aliphatic carbocycles. The molecule has 2 aromatic carbocycles. The van der Waals surface area contributed by atoms with E-state index in [9.17, 15) is 8.42 Å². The van der Waals surface area contributed by atoms with Crippen LogP contribution in [0.5, 0.6) is 0 Å². The van der Waals surface area contributed by atoms with Crippen LogP contribution >= 0.6 is 15.9 Å². The highest BCUT2D eigenvalue weighted by molar-refractivity contribution is 9.10. The van der Waals surface area contributed by atoms with Crippen LogP contribution in [0.3, 0.4) is 0 Å². The number of hydrogen-bond acceptors (Lipinski definition) is 3. The molecule has 112 valence electrons. The summed E-state index contributed by atoms with van der Waals surface area (Å²) in [4.78, 5) is 0.106. The molecule has 6 heteroatoms. The number of nitrogens with two attached hydrogens (primary N) is 1. The van der Waals surface area contributed by atoms with Gasteiger partial charge in [0.25, 0.3) is 0 Å². The van der Waals surface area contributed by atoms with Crippen molar-refractivity contribution in [1.82, 2.24) is 4.72 Å². The first-order valence-electron chi connectivity index (χ1n) is 6.49. The lowest BCUT2D eigenvalue weighted by molar-refractivity contribution is 0.582. The molecule has 0 radical (unpaired) electrons. The third-order valence-electron chi connectivity index (χ3n) is 3.05. The molecule has 2 rings (SSSR count). The summed E-state index contributed by atoms with van der Waals surface area (Å²) in [6.45, 7) is 2.34. The third kappa shape index (κ3) is 4.30. The molecule has 21 heavy (non-hydrogen) atoms. The van der Waals surface area contributed by atoms with E-state index in [-0.39, 0.29) is 10.6 Å². The molecule has 0 unspecified atom stereocenters. The molecule has 2 aromatic rings. The van der Waals surface area contributed by atoms with E-state index in [0.29, 0.717) is 13.0 Å². The highest BCUT2D eigenvalue weighted by Gasteiger charge is 2.16. The largest absolute Gasteiger partial charge is 0.398 e. The van der Waals surface area contributed by atoms with E-state index in [2.05, 4.69) is 20.7 Å². The van der Waals surface area contributed by atoms with Gasteiger partial charge in [0.1, 0.15) is 4.90 Å². The van der Waals surface area contributed by atoms with Crippen LogP contribution in [0.1, 0.15) is 11.1 Å². The molecule has 0 spiro atoms. The van der Waals surface area contributed by atoms with Crippen molar-refractivity contribution >= 4 is 31.6 Å². The van der Waals surface area contributed by atoms with Gasteiger partial charge in [-0.2, -0.15) is 0 Å². The minimum atomic E-state index is -3.58. The van der Waals surface area contributed by atoms with Gasteiger partial charge in [0.15, 0.2) is 0 Å². The van der Waals surface area contributed by atoms with Crippen LogP contribution in [0.25, 0.3) is 0 Å². The van der Waals surface area contributed by atoms with Gasteiger partial charge in [-0.15, -0.1) is 0 Å². The minimum absolute atomic E-state index is 0.106. The molecule has 0 saturated heterocycles. The fraction of sp³-hybridized carbons (Fsp3) is 0.200. The summed E-state index contributed by atoms with van der Waals surface area (Å²) in [6, 6.07) is 12.7. The van der Waals surface area contributed by atoms with Crippen LogP contribution in [0.15, 0.2) is 51.8 Å². The second kappa shape index (κ2) is 6.60. The number of hydrogen-bond donors (Lipinski definition) is 2. The molecule has 0 aliphatic rings. The first kappa shape index (κ1) is 16.0. The number of aryl methyl sites for hydroxylation is 1. The summed E-state index contributed by atoms with van der Waals surface area (Å²) in [5, 5.41) is 0. The van der Waals surface area contributed by atoms with Gasteiger partial charge >= 0.3 is 0 Å². The second-order valence-electron chi connectivity index (χ2n) is 4.82. The summed E-state index contributed by atoms with van der Waals surface area (Å²) in [7, 11) is -3.58. The van der Waals surface area contributed by atoms with Gasteiger partial charge in [0.2, 0.25) is 10.0 Å². The maximum Gasteiger partial charge on any atom is 0.242 e. The van der Waals surface area contributed by atoms with Gasteiger partial charge in [0.05, 0.1) is 5.69 Å². The zero-order valence-corrected chi connectivity index (χ0v) is 14.0. The Morgan fingerprint density at radius 3 is 2.62 bits per heavy atom. The molecule has 0 bridgehead atoms. The van der Waals surface area contributed by atoms with Gasteiger partial charge in [-0.3, -0.25) is 0 Å². The van der Waals surface area contributed by atoms with Crippen molar-refractivity contribution in [2.24, 2.45) is 0 Å². The molecule has 0 saturated carbocycles. The molecule has 0 fully saturated rings. The smallest absolute Gasteiger partial charge is 0.242 e. The predicted molar refractivity (Wildman–Crippen MR) is 88.6 cm³/mol. The maximum atomic E-state index is 12.2. The molecular weight excluding hydrogens is 352 g/mol. The van der Waals surface area contributed by atoms with Crippen molar-refractivity contribution < 1.29 is 8.42 Å². The first-order valence-corrected chi connectivity index (χ1v) is 8.76. The molecule has 0 aliphatic heterocycles. The van der Waals surface area contributed by atoms with Gasteiger partial charge in [-0.1, -0.05) is 45.8 Å². The Bertz CT molecular complexity index is 745. The Kier molecular flexibility index (Phi) is 5.03. The average molecular weight is 369 g/mol.